The Morgan fingerprint density at radius 2 is 1.76 bits per heavy atom. The first-order valence-corrected chi connectivity index (χ1v) is 10.8. The molecular formula is C23H36NO+. The summed E-state index contributed by atoms with van der Waals surface area (Å²) in [6, 6.07) is 11.2. The molecule has 3 aliphatic heterocycles. The lowest BCUT2D eigenvalue weighted by Gasteiger charge is -2.52. The summed E-state index contributed by atoms with van der Waals surface area (Å²) in [7, 11) is 0. The monoisotopic (exact) mass is 342 g/mol. The highest BCUT2D eigenvalue weighted by molar-refractivity contribution is 5.20. The first-order valence-electron chi connectivity index (χ1n) is 10.8. The second kappa shape index (κ2) is 7.80. The molecule has 0 amide bonds. The maximum atomic E-state index is 6.70. The summed E-state index contributed by atoms with van der Waals surface area (Å²) >= 11 is 0. The predicted octanol–water partition coefficient (Wildman–Crippen LogP) is 5.00. The predicted molar refractivity (Wildman–Crippen MR) is 104 cm³/mol. The SMILES string of the molecule is CCC[N+]12CCC(CC1)[C@H](OCC(c1ccccc1)C1CCCC1)C2. The molecule has 3 heterocycles. The molecule has 2 bridgehead atoms. The van der Waals surface area contributed by atoms with E-state index >= 15 is 0 Å². The highest BCUT2D eigenvalue weighted by atomic mass is 16.5. The zero-order valence-corrected chi connectivity index (χ0v) is 16.0. The zero-order chi connectivity index (χ0) is 17.1. The van der Waals surface area contributed by atoms with Gasteiger partial charge in [-0.1, -0.05) is 50.1 Å². The fourth-order valence-corrected chi connectivity index (χ4v) is 5.99. The minimum atomic E-state index is 0.515. The third-order valence-corrected chi connectivity index (χ3v) is 7.43. The number of piperidine rings is 3. The second-order valence-corrected chi connectivity index (χ2v) is 8.97. The number of hydrogen-bond donors (Lipinski definition) is 0. The first kappa shape index (κ1) is 17.5. The molecule has 4 fully saturated rings. The molecule has 0 radical (unpaired) electrons. The molecule has 1 aliphatic carbocycles. The lowest BCUT2D eigenvalue weighted by atomic mass is 9.82. The van der Waals surface area contributed by atoms with Crippen molar-refractivity contribution in [1.29, 1.82) is 0 Å². The number of benzene rings is 1. The van der Waals surface area contributed by atoms with Gasteiger partial charge in [0, 0.05) is 24.7 Å². The summed E-state index contributed by atoms with van der Waals surface area (Å²) in [6.07, 6.45) is 10.2. The Morgan fingerprint density at radius 1 is 1.04 bits per heavy atom. The van der Waals surface area contributed by atoms with Crippen molar-refractivity contribution in [2.75, 3.05) is 32.8 Å². The van der Waals surface area contributed by atoms with E-state index in [-0.39, 0.29) is 0 Å². The standard InChI is InChI=1S/C23H36NO/c1-2-14-24-15-12-21(13-16-24)23(17-24)25-18-22(20-10-6-7-11-20)19-8-4-3-5-9-19/h3-5,8-9,20-23H,2,6-7,10-18H2,1H3/q+1/t21?,22?,23-,24?/m1/s1. The van der Waals surface area contributed by atoms with Crippen LogP contribution in [0.4, 0.5) is 0 Å². The van der Waals surface area contributed by atoms with E-state index in [1.165, 1.54) is 81.2 Å². The molecule has 5 rings (SSSR count). The molecule has 0 aromatic heterocycles. The van der Waals surface area contributed by atoms with Crippen LogP contribution in [-0.4, -0.2) is 43.4 Å². The summed E-state index contributed by atoms with van der Waals surface area (Å²) in [5.41, 5.74) is 1.51. The highest BCUT2D eigenvalue weighted by Gasteiger charge is 2.46. The Bertz CT molecular complexity index is 523. The number of rotatable bonds is 7. The van der Waals surface area contributed by atoms with Crippen LogP contribution in [-0.2, 0) is 4.74 Å². The number of hydrogen-bond acceptors (Lipinski definition) is 1. The average Bonchev–Trinajstić information content (AvgIpc) is 3.18. The van der Waals surface area contributed by atoms with Gasteiger partial charge >= 0.3 is 0 Å². The van der Waals surface area contributed by atoms with E-state index in [1.54, 1.807) is 0 Å². The number of nitrogens with zero attached hydrogens (tertiary/aromatic N) is 1. The molecule has 1 saturated carbocycles. The van der Waals surface area contributed by atoms with Crippen LogP contribution in [0.1, 0.15) is 63.4 Å². The topological polar surface area (TPSA) is 9.23 Å². The third kappa shape index (κ3) is 3.80. The molecule has 1 unspecified atom stereocenters. The fourth-order valence-electron chi connectivity index (χ4n) is 5.99. The second-order valence-electron chi connectivity index (χ2n) is 8.97. The summed E-state index contributed by atoms with van der Waals surface area (Å²) < 4.78 is 8.05. The molecule has 138 valence electrons. The van der Waals surface area contributed by atoms with Crippen LogP contribution in [0, 0.1) is 11.8 Å². The van der Waals surface area contributed by atoms with Gasteiger partial charge in [-0.3, -0.25) is 0 Å². The van der Waals surface area contributed by atoms with Gasteiger partial charge in [-0.05, 0) is 30.7 Å². The van der Waals surface area contributed by atoms with Gasteiger partial charge in [-0.2, -0.15) is 0 Å². The molecule has 25 heavy (non-hydrogen) atoms. The van der Waals surface area contributed by atoms with E-state index in [0.29, 0.717) is 12.0 Å². The van der Waals surface area contributed by atoms with Crippen molar-refractivity contribution in [2.24, 2.45) is 11.8 Å². The van der Waals surface area contributed by atoms with Crippen LogP contribution < -0.4 is 0 Å². The summed E-state index contributed by atoms with van der Waals surface area (Å²) in [5, 5.41) is 0. The molecule has 0 spiro atoms. The smallest absolute Gasteiger partial charge is 0.110 e. The van der Waals surface area contributed by atoms with Crippen molar-refractivity contribution in [2.45, 2.75) is 63.9 Å². The van der Waals surface area contributed by atoms with Crippen LogP contribution in [0.15, 0.2) is 30.3 Å². The minimum Gasteiger partial charge on any atom is -0.371 e. The quantitative estimate of drug-likeness (QED) is 0.634. The molecular weight excluding hydrogens is 306 g/mol. The Morgan fingerprint density at radius 3 is 2.44 bits per heavy atom. The fraction of sp³-hybridized carbons (Fsp3) is 0.739. The van der Waals surface area contributed by atoms with Gasteiger partial charge in [-0.15, -0.1) is 0 Å². The maximum absolute atomic E-state index is 6.70. The number of quaternary nitrogens is 1. The zero-order valence-electron chi connectivity index (χ0n) is 16.0. The lowest BCUT2D eigenvalue weighted by Crippen LogP contribution is -2.64. The van der Waals surface area contributed by atoms with Crippen molar-refractivity contribution in [3.8, 4) is 0 Å². The molecule has 0 N–H and O–H groups in total. The van der Waals surface area contributed by atoms with Gasteiger partial charge in [0.25, 0.3) is 0 Å². The summed E-state index contributed by atoms with van der Waals surface area (Å²) in [4.78, 5) is 0. The molecule has 1 aromatic rings. The third-order valence-electron chi connectivity index (χ3n) is 7.43. The molecule has 2 atom stereocenters. The van der Waals surface area contributed by atoms with Crippen molar-refractivity contribution in [3.63, 3.8) is 0 Å². The van der Waals surface area contributed by atoms with Crippen LogP contribution in [0.3, 0.4) is 0 Å². The van der Waals surface area contributed by atoms with Gasteiger partial charge in [0.1, 0.15) is 12.6 Å². The maximum Gasteiger partial charge on any atom is 0.110 e. The Hall–Kier alpha value is -0.860. The summed E-state index contributed by atoms with van der Waals surface area (Å²) in [6.45, 7) is 8.74. The lowest BCUT2D eigenvalue weighted by molar-refractivity contribution is -0.946. The highest BCUT2D eigenvalue weighted by Crippen LogP contribution is 2.40. The van der Waals surface area contributed by atoms with E-state index in [0.717, 1.165) is 18.4 Å². The van der Waals surface area contributed by atoms with Gasteiger partial charge in [0.15, 0.2) is 0 Å². The average molecular weight is 343 g/mol. The number of ether oxygens (including phenoxy) is 1. The normalized spacial score (nSPS) is 33.6. The Kier molecular flexibility index (Phi) is 5.47. The van der Waals surface area contributed by atoms with Crippen LogP contribution in [0.25, 0.3) is 0 Å². The van der Waals surface area contributed by atoms with Crippen LogP contribution >= 0.6 is 0 Å². The van der Waals surface area contributed by atoms with Gasteiger partial charge in [0.05, 0.1) is 26.2 Å². The minimum absolute atomic E-state index is 0.515. The van der Waals surface area contributed by atoms with Gasteiger partial charge in [-0.25, -0.2) is 0 Å². The Balaban J connectivity index is 1.43. The van der Waals surface area contributed by atoms with E-state index in [9.17, 15) is 0 Å². The van der Waals surface area contributed by atoms with Crippen molar-refractivity contribution < 1.29 is 9.22 Å². The van der Waals surface area contributed by atoms with Gasteiger partial charge in [0.2, 0.25) is 0 Å². The molecule has 4 aliphatic rings. The van der Waals surface area contributed by atoms with Crippen molar-refractivity contribution in [1.82, 2.24) is 0 Å². The molecule has 3 saturated heterocycles. The van der Waals surface area contributed by atoms with Crippen molar-refractivity contribution in [3.05, 3.63) is 35.9 Å². The molecule has 2 nitrogen and oxygen atoms in total. The van der Waals surface area contributed by atoms with E-state index in [1.807, 2.05) is 0 Å². The van der Waals surface area contributed by atoms with Crippen LogP contribution in [0.5, 0.6) is 0 Å². The molecule has 2 heteroatoms. The van der Waals surface area contributed by atoms with E-state index in [4.69, 9.17) is 4.74 Å². The van der Waals surface area contributed by atoms with Gasteiger partial charge < -0.3 is 9.22 Å². The molecule has 1 aromatic carbocycles. The van der Waals surface area contributed by atoms with Crippen LogP contribution in [0.2, 0.25) is 0 Å². The van der Waals surface area contributed by atoms with E-state index in [2.05, 4.69) is 37.3 Å². The Labute approximate surface area is 154 Å². The van der Waals surface area contributed by atoms with E-state index < -0.39 is 0 Å². The summed E-state index contributed by atoms with van der Waals surface area (Å²) in [5.74, 6) is 2.28. The van der Waals surface area contributed by atoms with Crippen molar-refractivity contribution >= 4 is 0 Å². The first-order chi connectivity index (χ1) is 12.3. The largest absolute Gasteiger partial charge is 0.371 e. The number of fused-ring (bicyclic) bond motifs is 3.